The van der Waals surface area contributed by atoms with Crippen molar-refractivity contribution in [3.63, 3.8) is 0 Å². The maximum atomic E-state index is 12.0. The Bertz CT molecular complexity index is 922. The van der Waals surface area contributed by atoms with Crippen LogP contribution < -0.4 is 5.43 Å². The van der Waals surface area contributed by atoms with Crippen LogP contribution >= 0.6 is 0 Å². The van der Waals surface area contributed by atoms with Crippen molar-refractivity contribution in [2.75, 3.05) is 0 Å². The van der Waals surface area contributed by atoms with Gasteiger partial charge in [-0.3, -0.25) is 4.79 Å². The third kappa shape index (κ3) is 3.82. The molecule has 0 aliphatic carbocycles. The molecule has 1 N–H and O–H groups in total. The first kappa shape index (κ1) is 17.0. The van der Waals surface area contributed by atoms with E-state index in [1.165, 1.54) is 22.9 Å². The zero-order valence-electron chi connectivity index (χ0n) is 14.9. The Labute approximate surface area is 148 Å². The number of aromatic hydroxyl groups is 1. The Kier molecular flexibility index (Phi) is 4.75. The van der Waals surface area contributed by atoms with E-state index in [-0.39, 0.29) is 17.1 Å². The quantitative estimate of drug-likeness (QED) is 0.763. The number of aryl methyl sites for hydroxylation is 2. The molecule has 25 heavy (non-hydrogen) atoms. The Hall–Kier alpha value is -2.81. The molecule has 0 spiro atoms. The molecule has 3 rings (SSSR count). The van der Waals surface area contributed by atoms with Crippen LogP contribution in [-0.4, -0.2) is 9.67 Å². The maximum Gasteiger partial charge on any atom is 0.223 e. The van der Waals surface area contributed by atoms with Crippen molar-refractivity contribution in [3.8, 4) is 11.4 Å². The van der Waals surface area contributed by atoms with E-state index in [0.29, 0.717) is 0 Å². The van der Waals surface area contributed by atoms with Gasteiger partial charge in [-0.1, -0.05) is 54.4 Å². The summed E-state index contributed by atoms with van der Waals surface area (Å²) in [6, 6.07) is 17.9. The van der Waals surface area contributed by atoms with Crippen LogP contribution in [0.1, 0.15) is 35.2 Å². The molecule has 1 unspecified atom stereocenters. The topological polar surface area (TPSA) is 42.2 Å². The van der Waals surface area contributed by atoms with Gasteiger partial charge in [0.1, 0.15) is 0 Å². The smallest absolute Gasteiger partial charge is 0.223 e. The Balaban J connectivity index is 2.03. The van der Waals surface area contributed by atoms with Gasteiger partial charge in [-0.25, -0.2) is 0 Å². The summed E-state index contributed by atoms with van der Waals surface area (Å²) in [6.45, 7) is 6.31. The summed E-state index contributed by atoms with van der Waals surface area (Å²) in [5.41, 5.74) is 5.23. The van der Waals surface area contributed by atoms with Gasteiger partial charge in [0.05, 0.1) is 6.20 Å². The molecule has 1 aromatic heterocycles. The van der Waals surface area contributed by atoms with Gasteiger partial charge in [0.15, 0.2) is 5.75 Å². The highest BCUT2D eigenvalue weighted by atomic mass is 16.3. The molecule has 128 valence electrons. The van der Waals surface area contributed by atoms with Crippen LogP contribution in [0.2, 0.25) is 0 Å². The van der Waals surface area contributed by atoms with Gasteiger partial charge in [-0.2, -0.15) is 0 Å². The monoisotopic (exact) mass is 333 g/mol. The zero-order valence-corrected chi connectivity index (χ0v) is 14.9. The molecule has 0 fully saturated rings. The number of aromatic nitrogens is 1. The molecule has 0 amide bonds. The average Bonchev–Trinajstić information content (AvgIpc) is 2.56. The van der Waals surface area contributed by atoms with Crippen LogP contribution in [0.15, 0.2) is 65.6 Å². The van der Waals surface area contributed by atoms with Crippen molar-refractivity contribution < 1.29 is 5.11 Å². The van der Waals surface area contributed by atoms with E-state index in [1.807, 2.05) is 34.9 Å². The SMILES string of the molecule is Cc1cc(C)cc(CC(C)c2cc(=O)c(O)cn2-c2ccccc2)c1. The van der Waals surface area contributed by atoms with Crippen molar-refractivity contribution in [2.24, 2.45) is 0 Å². The molecule has 2 aromatic carbocycles. The summed E-state index contributed by atoms with van der Waals surface area (Å²) in [4.78, 5) is 12.0. The van der Waals surface area contributed by atoms with E-state index in [2.05, 4.69) is 39.0 Å². The Morgan fingerprint density at radius 1 is 1.00 bits per heavy atom. The molecule has 1 heterocycles. The van der Waals surface area contributed by atoms with E-state index in [1.54, 1.807) is 6.07 Å². The average molecular weight is 333 g/mol. The summed E-state index contributed by atoms with van der Waals surface area (Å²) in [6.07, 6.45) is 2.35. The fraction of sp³-hybridized carbons (Fsp3) is 0.227. The van der Waals surface area contributed by atoms with Crippen LogP contribution in [0.4, 0.5) is 0 Å². The minimum atomic E-state index is -0.338. The molecule has 0 saturated heterocycles. The maximum absolute atomic E-state index is 12.0. The van der Waals surface area contributed by atoms with E-state index in [9.17, 15) is 9.90 Å². The lowest BCUT2D eigenvalue weighted by molar-refractivity contribution is 0.463. The van der Waals surface area contributed by atoms with Crippen molar-refractivity contribution in [2.45, 2.75) is 33.1 Å². The molecule has 0 aliphatic heterocycles. The van der Waals surface area contributed by atoms with Crippen LogP contribution in [0.3, 0.4) is 0 Å². The zero-order chi connectivity index (χ0) is 18.0. The normalized spacial score (nSPS) is 12.1. The molecule has 0 aliphatic rings. The lowest BCUT2D eigenvalue weighted by Crippen LogP contribution is -2.14. The second-order valence-electron chi connectivity index (χ2n) is 6.75. The highest BCUT2D eigenvalue weighted by Gasteiger charge is 2.15. The van der Waals surface area contributed by atoms with Crippen LogP contribution in [0, 0.1) is 13.8 Å². The summed E-state index contributed by atoms with van der Waals surface area (Å²) in [5.74, 6) is -0.0964. The third-order valence-corrected chi connectivity index (χ3v) is 4.42. The van der Waals surface area contributed by atoms with Gasteiger partial charge in [0, 0.05) is 23.4 Å². The molecule has 0 saturated carbocycles. The van der Waals surface area contributed by atoms with Crippen LogP contribution in [0.5, 0.6) is 5.75 Å². The highest BCUT2D eigenvalue weighted by molar-refractivity contribution is 5.38. The number of pyridine rings is 1. The number of nitrogens with zero attached hydrogens (tertiary/aromatic N) is 1. The molecule has 3 aromatic rings. The first-order chi connectivity index (χ1) is 11.9. The number of hydrogen-bond acceptors (Lipinski definition) is 2. The van der Waals surface area contributed by atoms with E-state index in [4.69, 9.17) is 0 Å². The van der Waals surface area contributed by atoms with Gasteiger partial charge in [-0.15, -0.1) is 0 Å². The van der Waals surface area contributed by atoms with E-state index < -0.39 is 0 Å². The minimum Gasteiger partial charge on any atom is -0.503 e. The first-order valence-corrected chi connectivity index (χ1v) is 8.52. The van der Waals surface area contributed by atoms with Gasteiger partial charge in [0.25, 0.3) is 0 Å². The number of rotatable bonds is 4. The van der Waals surface area contributed by atoms with Crippen molar-refractivity contribution in [3.05, 3.63) is 93.4 Å². The minimum absolute atomic E-state index is 0.134. The van der Waals surface area contributed by atoms with Gasteiger partial charge in [-0.05, 0) is 38.0 Å². The second-order valence-corrected chi connectivity index (χ2v) is 6.75. The number of para-hydroxylation sites is 1. The number of hydrogen-bond donors (Lipinski definition) is 1. The van der Waals surface area contributed by atoms with Crippen molar-refractivity contribution in [1.82, 2.24) is 4.57 Å². The molecule has 0 bridgehead atoms. The predicted molar refractivity (Wildman–Crippen MR) is 102 cm³/mol. The predicted octanol–water partition coefficient (Wildman–Crippen LogP) is 4.51. The number of benzene rings is 2. The Morgan fingerprint density at radius 2 is 1.64 bits per heavy atom. The van der Waals surface area contributed by atoms with E-state index >= 15 is 0 Å². The fourth-order valence-electron chi connectivity index (χ4n) is 3.38. The van der Waals surface area contributed by atoms with Crippen LogP contribution in [0.25, 0.3) is 5.69 Å². The van der Waals surface area contributed by atoms with Crippen molar-refractivity contribution in [1.29, 1.82) is 0 Å². The van der Waals surface area contributed by atoms with Gasteiger partial charge >= 0.3 is 0 Å². The second kappa shape index (κ2) is 6.98. The molecular formula is C22H23NO2. The lowest BCUT2D eigenvalue weighted by atomic mass is 9.94. The van der Waals surface area contributed by atoms with Crippen LogP contribution in [-0.2, 0) is 6.42 Å². The summed E-state index contributed by atoms with van der Waals surface area (Å²) >= 11 is 0. The first-order valence-electron chi connectivity index (χ1n) is 8.52. The molecule has 3 nitrogen and oxygen atoms in total. The highest BCUT2D eigenvalue weighted by Crippen LogP contribution is 2.24. The molecule has 1 atom stereocenters. The fourth-order valence-corrected chi connectivity index (χ4v) is 3.38. The Morgan fingerprint density at radius 3 is 2.28 bits per heavy atom. The van der Waals surface area contributed by atoms with Gasteiger partial charge in [0.2, 0.25) is 5.43 Å². The molecule has 0 radical (unpaired) electrons. The summed E-state index contributed by atoms with van der Waals surface area (Å²) < 4.78 is 1.91. The van der Waals surface area contributed by atoms with E-state index in [0.717, 1.165) is 17.8 Å². The lowest BCUT2D eigenvalue weighted by Gasteiger charge is -2.20. The molecule has 3 heteroatoms. The standard InChI is InChI=1S/C22H23NO2/c1-15-9-16(2)11-18(10-15)12-17(3)20-13-21(24)22(25)14-23(20)19-7-5-4-6-8-19/h4-11,13-14,17,25H,12H2,1-3H3. The third-order valence-electron chi connectivity index (χ3n) is 4.42. The summed E-state index contributed by atoms with van der Waals surface area (Å²) in [5, 5.41) is 9.90. The summed E-state index contributed by atoms with van der Waals surface area (Å²) in [7, 11) is 0. The largest absolute Gasteiger partial charge is 0.503 e. The van der Waals surface area contributed by atoms with Gasteiger partial charge < -0.3 is 9.67 Å². The molecular weight excluding hydrogens is 310 g/mol. The van der Waals surface area contributed by atoms with Crippen molar-refractivity contribution >= 4 is 0 Å².